The first kappa shape index (κ1) is 18.5. The predicted molar refractivity (Wildman–Crippen MR) is 114 cm³/mol. The summed E-state index contributed by atoms with van der Waals surface area (Å²) in [6, 6.07) is 22.5. The zero-order valence-corrected chi connectivity index (χ0v) is 16.5. The Morgan fingerprint density at radius 2 is 1.79 bits per heavy atom. The van der Waals surface area contributed by atoms with Crippen molar-refractivity contribution in [3.63, 3.8) is 0 Å². The largest absolute Gasteiger partial charge is 0.353 e. The van der Waals surface area contributed by atoms with Crippen LogP contribution in [0.5, 0.6) is 0 Å². The highest BCUT2D eigenvalue weighted by Gasteiger charge is 2.34. The standard InChI is InChI=1S/C24H27N3O/c1-18(27-17-9-15-23(27)22-14-8-16-26(22)2)24(28)25-21-13-7-6-12-20(21)19-10-4-3-5-11-19/h3-8,10-14,16,18,23H,9,15,17H2,1-2H3,(H,25,28). The summed E-state index contributed by atoms with van der Waals surface area (Å²) in [5.74, 6) is 0.0458. The van der Waals surface area contributed by atoms with E-state index in [9.17, 15) is 4.79 Å². The van der Waals surface area contributed by atoms with Crippen molar-refractivity contribution < 1.29 is 4.79 Å². The number of anilines is 1. The zero-order valence-electron chi connectivity index (χ0n) is 16.5. The highest BCUT2D eigenvalue weighted by atomic mass is 16.2. The molecule has 1 aromatic heterocycles. The third-order valence-corrected chi connectivity index (χ3v) is 5.77. The van der Waals surface area contributed by atoms with Crippen molar-refractivity contribution in [3.8, 4) is 11.1 Å². The van der Waals surface area contributed by atoms with Crippen molar-refractivity contribution in [2.75, 3.05) is 11.9 Å². The van der Waals surface area contributed by atoms with Gasteiger partial charge in [-0.05, 0) is 50.1 Å². The molecule has 1 aliphatic heterocycles. The number of nitrogens with one attached hydrogen (secondary N) is 1. The van der Waals surface area contributed by atoms with Crippen molar-refractivity contribution in [1.29, 1.82) is 0 Å². The van der Waals surface area contributed by atoms with Crippen LogP contribution in [0.25, 0.3) is 11.1 Å². The Kier molecular flexibility index (Phi) is 5.31. The molecule has 2 unspecified atom stereocenters. The van der Waals surface area contributed by atoms with E-state index >= 15 is 0 Å². The van der Waals surface area contributed by atoms with E-state index in [0.29, 0.717) is 6.04 Å². The topological polar surface area (TPSA) is 37.3 Å². The monoisotopic (exact) mass is 373 g/mol. The molecule has 1 amide bonds. The molecule has 0 spiro atoms. The molecule has 144 valence electrons. The molecule has 0 radical (unpaired) electrons. The molecular weight excluding hydrogens is 346 g/mol. The second-order valence-corrected chi connectivity index (χ2v) is 7.52. The molecule has 1 N–H and O–H groups in total. The number of hydrogen-bond acceptors (Lipinski definition) is 2. The minimum Gasteiger partial charge on any atom is -0.353 e. The van der Waals surface area contributed by atoms with E-state index in [4.69, 9.17) is 0 Å². The molecule has 0 saturated carbocycles. The molecule has 1 aliphatic rings. The predicted octanol–water partition coefficient (Wildman–Crippen LogP) is 4.86. The number of carbonyl (C=O) groups is 1. The molecule has 1 fully saturated rings. The van der Waals surface area contributed by atoms with E-state index < -0.39 is 0 Å². The van der Waals surface area contributed by atoms with Crippen LogP contribution in [-0.2, 0) is 11.8 Å². The molecule has 2 heterocycles. The fraction of sp³-hybridized carbons (Fsp3) is 0.292. The van der Waals surface area contributed by atoms with Crippen molar-refractivity contribution in [3.05, 3.63) is 78.6 Å². The number of amides is 1. The van der Waals surface area contributed by atoms with Crippen LogP contribution in [0.1, 0.15) is 31.5 Å². The van der Waals surface area contributed by atoms with Gasteiger partial charge in [-0.15, -0.1) is 0 Å². The first-order valence-electron chi connectivity index (χ1n) is 9.97. The van der Waals surface area contributed by atoms with Gasteiger partial charge >= 0.3 is 0 Å². The molecule has 4 nitrogen and oxygen atoms in total. The summed E-state index contributed by atoms with van der Waals surface area (Å²) in [6.45, 7) is 2.96. The number of para-hydroxylation sites is 1. The maximum Gasteiger partial charge on any atom is 0.241 e. The second-order valence-electron chi connectivity index (χ2n) is 7.52. The molecule has 0 aliphatic carbocycles. The Labute approximate surface area is 166 Å². The molecule has 0 bridgehead atoms. The normalized spacial score (nSPS) is 18.1. The quantitative estimate of drug-likeness (QED) is 0.694. The van der Waals surface area contributed by atoms with Crippen LogP contribution >= 0.6 is 0 Å². The summed E-state index contributed by atoms with van der Waals surface area (Å²) >= 11 is 0. The fourth-order valence-corrected chi connectivity index (χ4v) is 4.24. The molecule has 2 atom stereocenters. The summed E-state index contributed by atoms with van der Waals surface area (Å²) in [5, 5.41) is 3.18. The SMILES string of the molecule is CC(C(=O)Nc1ccccc1-c1ccccc1)N1CCCC1c1cccn1C. The Morgan fingerprint density at radius 3 is 2.54 bits per heavy atom. The Hall–Kier alpha value is -2.85. The average Bonchev–Trinajstić information content (AvgIpc) is 3.37. The van der Waals surface area contributed by atoms with Gasteiger partial charge in [-0.1, -0.05) is 48.5 Å². The van der Waals surface area contributed by atoms with Gasteiger partial charge in [0, 0.05) is 30.2 Å². The van der Waals surface area contributed by atoms with E-state index in [1.165, 1.54) is 5.69 Å². The van der Waals surface area contributed by atoms with Crippen LogP contribution in [0.2, 0.25) is 0 Å². The first-order chi connectivity index (χ1) is 13.6. The van der Waals surface area contributed by atoms with E-state index in [-0.39, 0.29) is 11.9 Å². The molecule has 4 heteroatoms. The van der Waals surface area contributed by atoms with Crippen LogP contribution in [0.4, 0.5) is 5.69 Å². The Morgan fingerprint density at radius 1 is 1.04 bits per heavy atom. The Bertz CT molecular complexity index is 947. The van der Waals surface area contributed by atoms with Crippen molar-refractivity contribution >= 4 is 11.6 Å². The van der Waals surface area contributed by atoms with Gasteiger partial charge in [-0.2, -0.15) is 0 Å². The summed E-state index contributed by atoms with van der Waals surface area (Å²) in [5.41, 5.74) is 4.29. The van der Waals surface area contributed by atoms with Gasteiger partial charge in [0.15, 0.2) is 0 Å². The van der Waals surface area contributed by atoms with Crippen LogP contribution in [0.15, 0.2) is 72.9 Å². The third-order valence-electron chi connectivity index (χ3n) is 5.77. The van der Waals surface area contributed by atoms with Crippen LogP contribution in [0, 0.1) is 0 Å². The lowest BCUT2D eigenvalue weighted by molar-refractivity contribution is -0.121. The van der Waals surface area contributed by atoms with Crippen molar-refractivity contribution in [2.24, 2.45) is 7.05 Å². The Balaban J connectivity index is 1.54. The number of hydrogen-bond donors (Lipinski definition) is 1. The lowest BCUT2D eigenvalue weighted by Crippen LogP contribution is -2.42. The fourth-order valence-electron chi connectivity index (χ4n) is 4.24. The molecule has 1 saturated heterocycles. The summed E-state index contributed by atoms with van der Waals surface area (Å²) in [6.07, 6.45) is 4.29. The number of likely N-dealkylation sites (tertiary alicyclic amines) is 1. The van der Waals surface area contributed by atoms with Crippen LogP contribution in [0.3, 0.4) is 0 Å². The highest BCUT2D eigenvalue weighted by molar-refractivity contribution is 5.98. The lowest BCUT2D eigenvalue weighted by atomic mass is 10.0. The van der Waals surface area contributed by atoms with E-state index in [0.717, 1.165) is 36.2 Å². The van der Waals surface area contributed by atoms with Crippen molar-refractivity contribution in [1.82, 2.24) is 9.47 Å². The molecular formula is C24H27N3O. The van der Waals surface area contributed by atoms with Crippen LogP contribution in [-0.4, -0.2) is 28.0 Å². The average molecular weight is 374 g/mol. The minimum atomic E-state index is -0.189. The van der Waals surface area contributed by atoms with Gasteiger partial charge in [-0.25, -0.2) is 0 Å². The number of nitrogens with zero attached hydrogens (tertiary/aromatic N) is 2. The summed E-state index contributed by atoms with van der Waals surface area (Å²) in [4.78, 5) is 15.5. The minimum absolute atomic E-state index is 0.0458. The molecule has 4 rings (SSSR count). The number of carbonyl (C=O) groups excluding carboxylic acids is 1. The van der Waals surface area contributed by atoms with E-state index in [1.807, 2.05) is 43.3 Å². The maximum absolute atomic E-state index is 13.1. The number of rotatable bonds is 5. The third kappa shape index (κ3) is 3.60. The molecule has 3 aromatic rings. The van der Waals surface area contributed by atoms with Gasteiger partial charge < -0.3 is 9.88 Å². The van der Waals surface area contributed by atoms with Gasteiger partial charge in [0.1, 0.15) is 0 Å². The summed E-state index contributed by atoms with van der Waals surface area (Å²) < 4.78 is 2.16. The first-order valence-corrected chi connectivity index (χ1v) is 9.97. The zero-order chi connectivity index (χ0) is 19.5. The smallest absolute Gasteiger partial charge is 0.241 e. The van der Waals surface area contributed by atoms with Crippen molar-refractivity contribution in [2.45, 2.75) is 31.8 Å². The van der Waals surface area contributed by atoms with Gasteiger partial charge in [0.05, 0.1) is 12.1 Å². The lowest BCUT2D eigenvalue weighted by Gasteiger charge is -2.30. The second kappa shape index (κ2) is 8.03. The van der Waals surface area contributed by atoms with E-state index in [1.54, 1.807) is 0 Å². The summed E-state index contributed by atoms with van der Waals surface area (Å²) in [7, 11) is 2.08. The van der Waals surface area contributed by atoms with Crippen LogP contribution < -0.4 is 5.32 Å². The highest BCUT2D eigenvalue weighted by Crippen LogP contribution is 2.34. The molecule has 2 aromatic carbocycles. The number of benzene rings is 2. The van der Waals surface area contributed by atoms with E-state index in [2.05, 4.69) is 58.4 Å². The van der Waals surface area contributed by atoms with Gasteiger partial charge in [-0.3, -0.25) is 9.69 Å². The van der Waals surface area contributed by atoms with Gasteiger partial charge in [0.25, 0.3) is 0 Å². The van der Waals surface area contributed by atoms with Gasteiger partial charge in [0.2, 0.25) is 5.91 Å². The maximum atomic E-state index is 13.1. The number of aryl methyl sites for hydroxylation is 1. The number of aromatic nitrogens is 1. The molecule has 28 heavy (non-hydrogen) atoms.